The summed E-state index contributed by atoms with van der Waals surface area (Å²) in [5, 5.41) is 0. The molecule has 1 N–H and O–H groups in total. The van der Waals surface area contributed by atoms with Crippen molar-refractivity contribution in [1.29, 1.82) is 0 Å². The normalized spacial score (nSPS) is 18.5. The van der Waals surface area contributed by atoms with E-state index in [1.54, 1.807) is 6.92 Å². The van der Waals surface area contributed by atoms with Crippen molar-refractivity contribution >= 4 is 33.0 Å². The summed E-state index contributed by atoms with van der Waals surface area (Å²) < 4.78 is 28.3. The van der Waals surface area contributed by atoms with E-state index in [-0.39, 0.29) is 14.7 Å². The molecular weight excluding hydrogens is 328 g/mol. The van der Waals surface area contributed by atoms with Crippen LogP contribution in [0.1, 0.15) is 35.7 Å². The first-order chi connectivity index (χ1) is 9.97. The number of sulfonamides is 1. The molecule has 0 radical (unpaired) electrons. The Morgan fingerprint density at radius 3 is 2.86 bits per heavy atom. The average molecular weight is 343 g/mol. The predicted molar refractivity (Wildman–Crippen MR) is 84.3 cm³/mol. The smallest absolute Gasteiger partial charge is 0.229 e. The molecule has 0 fully saturated rings. The molecule has 1 unspecified atom stereocenters. The summed E-state index contributed by atoms with van der Waals surface area (Å²) in [5.74, 6) is 0. The number of halogens is 1. The Bertz CT molecular complexity index is 771. The first-order valence-electron chi connectivity index (χ1n) is 6.70. The number of aryl methyl sites for hydroxylation is 2. The minimum absolute atomic E-state index is 0.180. The van der Waals surface area contributed by atoms with Gasteiger partial charge < -0.3 is 0 Å². The van der Waals surface area contributed by atoms with E-state index >= 15 is 0 Å². The van der Waals surface area contributed by atoms with Crippen molar-refractivity contribution in [2.45, 2.75) is 36.4 Å². The summed E-state index contributed by atoms with van der Waals surface area (Å²) >= 11 is 6.81. The van der Waals surface area contributed by atoms with Gasteiger partial charge in [0.25, 0.3) is 10.0 Å². The van der Waals surface area contributed by atoms with Crippen LogP contribution in [0.4, 0.5) is 0 Å². The summed E-state index contributed by atoms with van der Waals surface area (Å²) in [6.45, 7) is 1.66. The average Bonchev–Trinajstić information content (AvgIpc) is 2.79. The molecule has 2 aromatic rings. The minimum atomic E-state index is -3.59. The second-order valence-electron chi connectivity index (χ2n) is 5.10. The zero-order valence-corrected chi connectivity index (χ0v) is 13.9. The van der Waals surface area contributed by atoms with Gasteiger partial charge in [0.15, 0.2) is 8.68 Å². The Hall–Kier alpha value is -0.950. The lowest BCUT2D eigenvalue weighted by molar-refractivity contribution is 0.508. The largest absolute Gasteiger partial charge is 0.252 e. The summed E-state index contributed by atoms with van der Waals surface area (Å²) in [5.41, 5.74) is 2.73. The lowest BCUT2D eigenvalue weighted by Gasteiger charge is -2.25. The van der Waals surface area contributed by atoms with Gasteiger partial charge in [-0.05, 0) is 37.3 Å². The van der Waals surface area contributed by atoms with Crippen LogP contribution in [0.5, 0.6) is 0 Å². The molecule has 1 aromatic carbocycles. The third-order valence-electron chi connectivity index (χ3n) is 3.64. The van der Waals surface area contributed by atoms with E-state index in [1.807, 2.05) is 18.2 Å². The standard InChI is InChI=1S/C14H15ClN2O2S2/c1-9-13(20-14(15)16-9)21(18,19)17-12-8-4-6-10-5-2-3-7-11(10)12/h2-3,5,7,12,17H,4,6,8H2,1H3. The Balaban J connectivity index is 1.92. The molecule has 3 rings (SSSR count). The van der Waals surface area contributed by atoms with Gasteiger partial charge in [0.05, 0.1) is 5.69 Å². The van der Waals surface area contributed by atoms with E-state index < -0.39 is 10.0 Å². The Morgan fingerprint density at radius 1 is 1.38 bits per heavy atom. The molecule has 0 saturated heterocycles. The number of aromatic nitrogens is 1. The maximum atomic E-state index is 12.5. The third-order valence-corrected chi connectivity index (χ3v) is 6.98. The fourth-order valence-corrected chi connectivity index (χ4v) is 5.72. The molecule has 7 heteroatoms. The first kappa shape index (κ1) is 15.0. The molecule has 0 bridgehead atoms. The molecule has 1 heterocycles. The van der Waals surface area contributed by atoms with Gasteiger partial charge in [-0.1, -0.05) is 47.2 Å². The maximum absolute atomic E-state index is 12.5. The van der Waals surface area contributed by atoms with Crippen LogP contribution in [-0.2, 0) is 16.4 Å². The lowest BCUT2D eigenvalue weighted by Crippen LogP contribution is -2.31. The molecule has 0 spiro atoms. The van der Waals surface area contributed by atoms with Crippen molar-refractivity contribution in [1.82, 2.24) is 9.71 Å². The van der Waals surface area contributed by atoms with Gasteiger partial charge in [-0.15, -0.1) is 0 Å². The number of thiazole rings is 1. The van der Waals surface area contributed by atoms with Crippen LogP contribution in [0.15, 0.2) is 28.5 Å². The molecule has 0 amide bonds. The van der Waals surface area contributed by atoms with Crippen molar-refractivity contribution < 1.29 is 8.42 Å². The Morgan fingerprint density at radius 2 is 2.14 bits per heavy atom. The van der Waals surface area contributed by atoms with Gasteiger partial charge in [-0.2, -0.15) is 0 Å². The molecule has 1 atom stereocenters. The summed E-state index contributed by atoms with van der Waals surface area (Å²) in [6, 6.07) is 7.81. The SMILES string of the molecule is Cc1nc(Cl)sc1S(=O)(=O)NC1CCCc2ccccc21. The van der Waals surface area contributed by atoms with Gasteiger partial charge in [0, 0.05) is 6.04 Å². The highest BCUT2D eigenvalue weighted by Crippen LogP contribution is 2.33. The highest BCUT2D eigenvalue weighted by molar-refractivity contribution is 7.91. The second-order valence-corrected chi connectivity index (χ2v) is 8.60. The zero-order chi connectivity index (χ0) is 15.0. The minimum Gasteiger partial charge on any atom is -0.229 e. The fourth-order valence-electron chi connectivity index (χ4n) is 2.72. The van der Waals surface area contributed by atoms with Crippen molar-refractivity contribution in [3.8, 4) is 0 Å². The van der Waals surface area contributed by atoms with Crippen LogP contribution < -0.4 is 4.72 Å². The van der Waals surface area contributed by atoms with E-state index in [1.165, 1.54) is 5.56 Å². The van der Waals surface area contributed by atoms with Gasteiger partial charge in [0.1, 0.15) is 0 Å². The number of benzene rings is 1. The number of rotatable bonds is 3. The molecule has 4 nitrogen and oxygen atoms in total. The Kier molecular flexibility index (Phi) is 4.05. The molecule has 21 heavy (non-hydrogen) atoms. The van der Waals surface area contributed by atoms with Crippen molar-refractivity contribution in [3.05, 3.63) is 45.6 Å². The highest BCUT2D eigenvalue weighted by Gasteiger charge is 2.28. The molecule has 0 saturated carbocycles. The number of nitrogens with one attached hydrogen (secondary N) is 1. The number of hydrogen-bond donors (Lipinski definition) is 1. The van der Waals surface area contributed by atoms with E-state index in [2.05, 4.69) is 15.8 Å². The van der Waals surface area contributed by atoms with Crippen LogP contribution in [0, 0.1) is 6.92 Å². The van der Waals surface area contributed by atoms with Crippen molar-refractivity contribution in [2.75, 3.05) is 0 Å². The molecular formula is C14H15ClN2O2S2. The van der Waals surface area contributed by atoms with Crippen LogP contribution in [0.25, 0.3) is 0 Å². The molecule has 112 valence electrons. The van der Waals surface area contributed by atoms with Gasteiger partial charge in [-0.25, -0.2) is 18.1 Å². The summed E-state index contributed by atoms with van der Waals surface area (Å²) in [7, 11) is -3.59. The quantitative estimate of drug-likeness (QED) is 0.929. The maximum Gasteiger partial charge on any atom is 0.252 e. The van der Waals surface area contributed by atoms with Gasteiger partial charge in [-0.3, -0.25) is 0 Å². The van der Waals surface area contributed by atoms with E-state index in [9.17, 15) is 8.42 Å². The highest BCUT2D eigenvalue weighted by atomic mass is 35.5. The lowest BCUT2D eigenvalue weighted by atomic mass is 9.88. The van der Waals surface area contributed by atoms with E-state index in [0.29, 0.717) is 5.69 Å². The molecule has 1 aliphatic carbocycles. The van der Waals surface area contributed by atoms with E-state index in [0.717, 1.165) is 36.2 Å². The predicted octanol–water partition coefficient (Wildman–Crippen LogP) is 3.46. The van der Waals surface area contributed by atoms with Crippen molar-refractivity contribution in [3.63, 3.8) is 0 Å². The summed E-state index contributed by atoms with van der Waals surface area (Å²) in [4.78, 5) is 3.98. The van der Waals surface area contributed by atoms with Crippen LogP contribution >= 0.6 is 22.9 Å². The Labute approximate surface area is 133 Å². The zero-order valence-electron chi connectivity index (χ0n) is 11.5. The van der Waals surface area contributed by atoms with Crippen LogP contribution in [-0.4, -0.2) is 13.4 Å². The number of hydrogen-bond acceptors (Lipinski definition) is 4. The van der Waals surface area contributed by atoms with Crippen LogP contribution in [0.2, 0.25) is 4.47 Å². The number of fused-ring (bicyclic) bond motifs is 1. The first-order valence-corrected chi connectivity index (χ1v) is 9.38. The van der Waals surface area contributed by atoms with Crippen molar-refractivity contribution in [2.24, 2.45) is 0 Å². The van der Waals surface area contributed by atoms with E-state index in [4.69, 9.17) is 11.6 Å². The monoisotopic (exact) mass is 342 g/mol. The molecule has 0 aliphatic heterocycles. The topological polar surface area (TPSA) is 59.1 Å². The second kappa shape index (κ2) is 5.68. The summed E-state index contributed by atoms with van der Waals surface area (Å²) in [6.07, 6.45) is 2.79. The fraction of sp³-hybridized carbons (Fsp3) is 0.357. The van der Waals surface area contributed by atoms with Gasteiger partial charge in [0.2, 0.25) is 0 Å². The number of nitrogens with zero attached hydrogens (tertiary/aromatic N) is 1. The van der Waals surface area contributed by atoms with Crippen LogP contribution in [0.3, 0.4) is 0 Å². The molecule has 1 aromatic heterocycles. The third kappa shape index (κ3) is 2.99. The van der Waals surface area contributed by atoms with Gasteiger partial charge >= 0.3 is 0 Å². The molecule has 1 aliphatic rings.